The third-order valence-electron chi connectivity index (χ3n) is 6.02. The number of carbonyl (C=O) groups excluding carboxylic acids is 1. The molecule has 39 heavy (non-hydrogen) atoms. The van der Waals surface area contributed by atoms with E-state index in [1.807, 2.05) is 57.2 Å². The Hall–Kier alpha value is -2.69. The number of benzene rings is 2. The second-order valence-corrected chi connectivity index (χ2v) is 11.5. The Bertz CT molecular complexity index is 1380. The summed E-state index contributed by atoms with van der Waals surface area (Å²) < 4.78 is 19.8. The number of hydrogen-bond donors (Lipinski definition) is 1. The van der Waals surface area contributed by atoms with E-state index < -0.39 is 12.0 Å². The van der Waals surface area contributed by atoms with E-state index in [0.29, 0.717) is 55.7 Å². The van der Waals surface area contributed by atoms with Gasteiger partial charge in [-0.1, -0.05) is 54.9 Å². The first-order chi connectivity index (χ1) is 18.7. The van der Waals surface area contributed by atoms with Gasteiger partial charge in [0.25, 0.3) is 0 Å². The van der Waals surface area contributed by atoms with Crippen molar-refractivity contribution in [2.24, 2.45) is 0 Å². The Kier molecular flexibility index (Phi) is 9.85. The van der Waals surface area contributed by atoms with Gasteiger partial charge >= 0.3 is 5.97 Å². The summed E-state index contributed by atoms with van der Waals surface area (Å²) in [4.78, 5) is 18.1. The first-order valence-corrected chi connectivity index (χ1v) is 14.9. The van der Waals surface area contributed by atoms with Gasteiger partial charge in [-0.15, -0.1) is 5.10 Å². The van der Waals surface area contributed by atoms with Crippen LogP contribution in [0.4, 0.5) is 5.95 Å². The highest BCUT2D eigenvalue weighted by Crippen LogP contribution is 2.43. The monoisotopic (exact) mass is 634 g/mol. The molecule has 1 aromatic heterocycles. The number of ether oxygens (including phenoxy) is 3. The molecule has 1 aliphatic heterocycles. The molecule has 1 unspecified atom stereocenters. The maximum Gasteiger partial charge on any atom is 0.338 e. The van der Waals surface area contributed by atoms with Gasteiger partial charge in [-0.25, -0.2) is 9.48 Å². The maximum absolute atomic E-state index is 13.4. The molecule has 0 amide bonds. The van der Waals surface area contributed by atoms with Gasteiger partial charge in [0, 0.05) is 16.5 Å². The highest BCUT2D eigenvalue weighted by Gasteiger charge is 2.36. The van der Waals surface area contributed by atoms with E-state index in [9.17, 15) is 4.79 Å². The van der Waals surface area contributed by atoms with Crippen LogP contribution in [-0.2, 0) is 15.3 Å². The van der Waals surface area contributed by atoms with Crippen LogP contribution < -0.4 is 14.8 Å². The smallest absolute Gasteiger partial charge is 0.338 e. The molecule has 2 heterocycles. The second kappa shape index (κ2) is 13.1. The fourth-order valence-electron chi connectivity index (χ4n) is 4.16. The Morgan fingerprint density at radius 3 is 2.74 bits per heavy atom. The fraction of sp³-hybridized carbons (Fsp3) is 0.393. The van der Waals surface area contributed by atoms with Crippen molar-refractivity contribution in [2.45, 2.75) is 63.6 Å². The van der Waals surface area contributed by atoms with Crippen LogP contribution in [0.3, 0.4) is 0 Å². The lowest BCUT2D eigenvalue weighted by Crippen LogP contribution is -2.30. The molecular weight excluding hydrogens is 604 g/mol. The number of halogens is 2. The summed E-state index contributed by atoms with van der Waals surface area (Å²) >= 11 is 11.5. The molecule has 1 atom stereocenters. The van der Waals surface area contributed by atoms with E-state index in [2.05, 4.69) is 28.2 Å². The minimum absolute atomic E-state index is 0.0502. The summed E-state index contributed by atoms with van der Waals surface area (Å²) in [6.45, 7) is 8.15. The largest absolute Gasteiger partial charge is 0.493 e. The van der Waals surface area contributed by atoms with E-state index in [1.54, 1.807) is 11.8 Å². The number of carbonyl (C=O) groups is 1. The van der Waals surface area contributed by atoms with Crippen molar-refractivity contribution in [3.8, 4) is 11.5 Å². The van der Waals surface area contributed by atoms with Gasteiger partial charge in [-0.3, -0.25) is 0 Å². The number of methoxy groups -OCH3 is 1. The van der Waals surface area contributed by atoms with Crippen molar-refractivity contribution in [3.63, 3.8) is 0 Å². The lowest BCUT2D eigenvalue weighted by Gasteiger charge is -2.29. The fourth-order valence-corrected chi connectivity index (χ4v) is 5.83. The Morgan fingerprint density at radius 1 is 1.28 bits per heavy atom. The molecule has 4 rings (SSSR count). The van der Waals surface area contributed by atoms with Crippen LogP contribution in [0, 0.1) is 0 Å². The van der Waals surface area contributed by atoms with Gasteiger partial charge in [0.05, 0.1) is 29.9 Å². The maximum atomic E-state index is 13.4. The number of thioether (sulfide) groups is 1. The summed E-state index contributed by atoms with van der Waals surface area (Å²) in [6.07, 6.45) is 1.66. The van der Waals surface area contributed by atoms with Crippen molar-refractivity contribution in [2.75, 3.05) is 19.0 Å². The number of unbranched alkanes of at least 4 members (excludes halogenated alkanes) is 1. The first kappa shape index (κ1) is 29.3. The molecule has 3 aromatic rings. The number of aromatic nitrogens is 3. The van der Waals surface area contributed by atoms with E-state index in [-0.39, 0.29) is 6.10 Å². The minimum Gasteiger partial charge on any atom is -0.493 e. The first-order valence-electron chi connectivity index (χ1n) is 12.7. The van der Waals surface area contributed by atoms with Crippen LogP contribution >= 0.6 is 39.3 Å². The van der Waals surface area contributed by atoms with Crippen molar-refractivity contribution in [1.82, 2.24) is 14.8 Å². The summed E-state index contributed by atoms with van der Waals surface area (Å²) in [7, 11) is 1.59. The average Bonchev–Trinajstić information content (AvgIpc) is 3.30. The highest BCUT2D eigenvalue weighted by atomic mass is 79.9. The number of rotatable bonds is 11. The SMILES string of the molecule is CCCCOC(=O)C1=C(C)Nc2nc(SCc3ccccc3Cl)nn2C1c1cc(Br)c(OC(C)C)c(OC)c1. The van der Waals surface area contributed by atoms with Crippen molar-refractivity contribution < 1.29 is 19.0 Å². The Labute approximate surface area is 246 Å². The molecule has 1 N–H and O–H groups in total. The van der Waals surface area contributed by atoms with Gasteiger partial charge in [0.1, 0.15) is 6.04 Å². The van der Waals surface area contributed by atoms with Gasteiger partial charge in [-0.05, 0) is 72.4 Å². The molecule has 0 saturated heterocycles. The molecule has 0 radical (unpaired) electrons. The third kappa shape index (κ3) is 6.73. The average molecular weight is 636 g/mol. The van der Waals surface area contributed by atoms with Gasteiger partial charge in [0.15, 0.2) is 11.5 Å². The summed E-state index contributed by atoms with van der Waals surface area (Å²) in [6, 6.07) is 10.9. The van der Waals surface area contributed by atoms with Crippen LogP contribution in [0.25, 0.3) is 0 Å². The van der Waals surface area contributed by atoms with E-state index in [4.69, 9.17) is 35.9 Å². The molecule has 0 saturated carbocycles. The second-order valence-electron chi connectivity index (χ2n) is 9.30. The number of nitrogens with zero attached hydrogens (tertiary/aromatic N) is 3. The number of esters is 1. The Morgan fingerprint density at radius 2 is 2.05 bits per heavy atom. The van der Waals surface area contributed by atoms with Crippen LogP contribution in [0.15, 0.2) is 57.3 Å². The predicted molar refractivity (Wildman–Crippen MR) is 158 cm³/mol. The molecule has 8 nitrogen and oxygen atoms in total. The molecular formula is C28H32BrClN4O4S. The van der Waals surface area contributed by atoms with Crippen LogP contribution in [-0.4, -0.2) is 40.6 Å². The lowest BCUT2D eigenvalue weighted by molar-refractivity contribution is -0.139. The normalized spacial score (nSPS) is 14.7. The standard InChI is InChI=1S/C28H32BrClN4O4S/c1-6-7-12-37-26(35)23-17(4)31-27-32-28(39-15-18-10-8-9-11-21(18)30)33-34(27)24(23)19-13-20(29)25(38-16(2)3)22(14-19)36-5/h8-11,13-14,16,24H,6-7,12,15H2,1-5H3,(H,31,32,33). The van der Waals surface area contributed by atoms with Gasteiger partial charge in [-0.2, -0.15) is 4.98 Å². The van der Waals surface area contributed by atoms with Crippen LogP contribution in [0.2, 0.25) is 5.02 Å². The van der Waals surface area contributed by atoms with Crippen LogP contribution in [0.1, 0.15) is 57.7 Å². The van der Waals surface area contributed by atoms with Crippen LogP contribution in [0.5, 0.6) is 11.5 Å². The summed E-state index contributed by atoms with van der Waals surface area (Å²) in [5.74, 6) is 1.86. The van der Waals surface area contributed by atoms with E-state index in [0.717, 1.165) is 24.0 Å². The van der Waals surface area contributed by atoms with Crippen molar-refractivity contribution in [3.05, 3.63) is 68.3 Å². The van der Waals surface area contributed by atoms with Gasteiger partial charge in [0.2, 0.25) is 11.1 Å². The summed E-state index contributed by atoms with van der Waals surface area (Å²) in [5.41, 5.74) is 2.87. The lowest BCUT2D eigenvalue weighted by atomic mass is 9.95. The van der Waals surface area contributed by atoms with Crippen molar-refractivity contribution >= 4 is 51.2 Å². The van der Waals surface area contributed by atoms with Crippen molar-refractivity contribution in [1.29, 1.82) is 0 Å². The zero-order chi connectivity index (χ0) is 28.1. The topological polar surface area (TPSA) is 87.5 Å². The number of anilines is 1. The number of nitrogens with one attached hydrogen (secondary N) is 1. The van der Waals surface area contributed by atoms with E-state index >= 15 is 0 Å². The molecule has 208 valence electrons. The molecule has 0 bridgehead atoms. The molecule has 0 aliphatic carbocycles. The molecule has 11 heteroatoms. The molecule has 0 spiro atoms. The molecule has 0 fully saturated rings. The highest BCUT2D eigenvalue weighted by molar-refractivity contribution is 9.10. The third-order valence-corrected chi connectivity index (χ3v) is 7.86. The quantitative estimate of drug-likeness (QED) is 0.132. The van der Waals surface area contributed by atoms with Gasteiger partial charge < -0.3 is 19.5 Å². The zero-order valence-electron chi connectivity index (χ0n) is 22.6. The minimum atomic E-state index is -0.601. The Balaban J connectivity index is 1.76. The number of allylic oxidation sites excluding steroid dienone is 1. The molecule has 2 aromatic carbocycles. The molecule has 1 aliphatic rings. The number of fused-ring (bicyclic) bond motifs is 1. The number of hydrogen-bond acceptors (Lipinski definition) is 8. The predicted octanol–water partition coefficient (Wildman–Crippen LogP) is 7.41. The zero-order valence-corrected chi connectivity index (χ0v) is 25.7. The van der Waals surface area contributed by atoms with E-state index in [1.165, 1.54) is 11.8 Å². The summed E-state index contributed by atoms with van der Waals surface area (Å²) in [5, 5.41) is 9.31.